The molecule has 9 heteroatoms. The molecule has 3 radical (unpaired) electrons. The standard InChI is InChI=1S/Bi.Fe.La.Mn.5O/q+3;+2;+3;+2;5*-2. The Morgan fingerprint density at radius 3 is 0.556 bits per heavy atom. The Bertz CT molecular complexity index is 16.9. The van der Waals surface area contributed by atoms with Crippen molar-refractivity contribution < 1.29 is 97.1 Å². The van der Waals surface area contributed by atoms with Crippen LogP contribution in [0, 0.1) is 35.6 Å². The van der Waals surface area contributed by atoms with Crippen molar-refractivity contribution in [2.24, 2.45) is 0 Å². The molecule has 0 saturated carbocycles. The zero-order valence-corrected chi connectivity index (χ0v) is 13.2. The van der Waals surface area contributed by atoms with Gasteiger partial charge in [0.2, 0.25) is 0 Å². The normalized spacial score (nSPS) is 0. The minimum atomic E-state index is 0. The van der Waals surface area contributed by atoms with Crippen LogP contribution in [0.3, 0.4) is 0 Å². The van der Waals surface area contributed by atoms with Crippen LogP contribution in [0.5, 0.6) is 0 Å². The van der Waals surface area contributed by atoms with Crippen LogP contribution >= 0.6 is 0 Å². The Kier molecular flexibility index (Phi) is 2340. The maximum Gasteiger partial charge on any atom is 3.00 e. The van der Waals surface area contributed by atoms with Crippen LogP contribution in [-0.2, 0) is 61.5 Å². The first kappa shape index (κ1) is 167. The van der Waals surface area contributed by atoms with Gasteiger partial charge >= 0.3 is 95.9 Å². The quantitative estimate of drug-likeness (QED) is 0.350. The fourth-order valence-corrected chi connectivity index (χ4v) is 0. The van der Waals surface area contributed by atoms with E-state index < -0.39 is 0 Å². The third-order valence-corrected chi connectivity index (χ3v) is 0. The van der Waals surface area contributed by atoms with Crippen LogP contribution in [0.1, 0.15) is 0 Å². The van der Waals surface area contributed by atoms with Gasteiger partial charge in [0.25, 0.3) is 0 Å². The predicted molar refractivity (Wildman–Crippen MR) is 9.19 cm³/mol. The van der Waals surface area contributed by atoms with Crippen LogP contribution in [0.25, 0.3) is 0 Å². The molecule has 0 aromatic heterocycles. The summed E-state index contributed by atoms with van der Waals surface area (Å²) in [6, 6.07) is 0. The van der Waals surface area contributed by atoms with E-state index in [2.05, 4.69) is 0 Å². The van der Waals surface area contributed by atoms with Crippen LogP contribution in [0.2, 0.25) is 0 Å². The van der Waals surface area contributed by atoms with Gasteiger partial charge in [-0.05, 0) is 0 Å². The number of hydrogen-bond acceptors (Lipinski definition) is 0. The van der Waals surface area contributed by atoms with E-state index in [0.717, 1.165) is 0 Å². The molecule has 0 spiro atoms. The smallest absolute Gasteiger partial charge is 2.00 e. The Labute approximate surface area is 121 Å². The molecule has 0 fully saturated rings. The van der Waals surface area contributed by atoms with Gasteiger partial charge in [-0.2, -0.15) is 0 Å². The van der Waals surface area contributed by atoms with E-state index in [-0.39, 0.29) is 123 Å². The van der Waals surface area contributed by atoms with E-state index in [1.807, 2.05) is 0 Å². The van der Waals surface area contributed by atoms with E-state index in [1.54, 1.807) is 0 Å². The zero-order chi connectivity index (χ0) is 0. The molecule has 0 rings (SSSR count). The largest absolute Gasteiger partial charge is 3.00 e. The molecule has 0 aromatic rings. The van der Waals surface area contributed by atoms with Gasteiger partial charge in [0.15, 0.2) is 0 Å². The van der Waals surface area contributed by atoms with E-state index in [4.69, 9.17) is 0 Å². The first-order valence-electron chi connectivity index (χ1n) is 0. The zero-order valence-electron chi connectivity index (χ0n) is 3.80. The van der Waals surface area contributed by atoms with Crippen LogP contribution in [0.4, 0.5) is 0 Å². The predicted octanol–water partition coefficient (Wildman–Crippen LogP) is -0.980. The summed E-state index contributed by atoms with van der Waals surface area (Å²) >= 11 is 0. The molecule has 0 atom stereocenters. The maximum atomic E-state index is 0. The minimum Gasteiger partial charge on any atom is -2.00 e. The summed E-state index contributed by atoms with van der Waals surface area (Å²) in [4.78, 5) is 0. The first-order valence-corrected chi connectivity index (χ1v) is 0. The van der Waals surface area contributed by atoms with Gasteiger partial charge in [0.05, 0.1) is 0 Å². The van der Waals surface area contributed by atoms with Crippen molar-refractivity contribution in [2.75, 3.05) is 0 Å². The minimum absolute atomic E-state index is 0. The van der Waals surface area contributed by atoms with Crippen molar-refractivity contribution in [3.05, 3.63) is 0 Å². The van der Waals surface area contributed by atoms with Crippen molar-refractivity contribution in [1.29, 1.82) is 0 Å². The average Bonchev–Trinajstić information content (AvgIpc) is 0. The molecule has 0 saturated heterocycles. The van der Waals surface area contributed by atoms with Crippen molar-refractivity contribution in [2.45, 2.75) is 0 Å². The molecule has 0 N–H and O–H groups in total. The van der Waals surface area contributed by atoms with Gasteiger partial charge in [0.1, 0.15) is 0 Å². The van der Waals surface area contributed by atoms with E-state index in [9.17, 15) is 0 Å². The summed E-state index contributed by atoms with van der Waals surface area (Å²) in [5.41, 5.74) is 0. The topological polar surface area (TPSA) is 142 Å². The number of hydrogen-bond donors (Lipinski definition) is 0. The fraction of sp³-hybridized carbons (Fsp3) is 0. The van der Waals surface area contributed by atoms with E-state index in [0.29, 0.717) is 0 Å². The summed E-state index contributed by atoms with van der Waals surface area (Å²) in [6.45, 7) is 0. The van der Waals surface area contributed by atoms with Crippen LogP contribution in [-0.4, -0.2) is 26.2 Å². The van der Waals surface area contributed by atoms with Crippen molar-refractivity contribution >= 4 is 26.2 Å². The molecule has 53 valence electrons. The van der Waals surface area contributed by atoms with Gasteiger partial charge in [-0.3, -0.25) is 0 Å². The summed E-state index contributed by atoms with van der Waals surface area (Å²) in [5.74, 6) is 0. The third-order valence-electron chi connectivity index (χ3n) is 0. The fourth-order valence-electron chi connectivity index (χ4n) is 0. The van der Waals surface area contributed by atoms with Gasteiger partial charge in [0, 0.05) is 0 Å². The number of rotatable bonds is 0. The van der Waals surface area contributed by atoms with Gasteiger partial charge in [-0.25, -0.2) is 0 Å². The molecule has 0 aliphatic carbocycles. The van der Waals surface area contributed by atoms with Gasteiger partial charge < -0.3 is 27.4 Å². The van der Waals surface area contributed by atoms with E-state index in [1.165, 1.54) is 0 Å². The third kappa shape index (κ3) is 102. The molecule has 0 aliphatic rings. The summed E-state index contributed by atoms with van der Waals surface area (Å²) in [7, 11) is 0. The second kappa shape index (κ2) is 126. The molecular weight excluding hydrogens is 539 g/mol. The second-order valence-electron chi connectivity index (χ2n) is 0. The van der Waals surface area contributed by atoms with Crippen LogP contribution in [0.15, 0.2) is 0 Å². The SMILES string of the molecule is [Bi+3].[Fe+2].[La+3].[Mn+2].[O-2].[O-2].[O-2].[O-2].[O-2]. The molecule has 0 amide bonds. The monoisotopic (exact) mass is 539 g/mol. The molecular formula is BiFeLaMnO5. The Hall–Kier alpha value is 2.92. The van der Waals surface area contributed by atoms with E-state index >= 15 is 0 Å². The first-order chi connectivity index (χ1) is 0. The van der Waals surface area contributed by atoms with Crippen molar-refractivity contribution in [1.82, 2.24) is 0 Å². The van der Waals surface area contributed by atoms with Gasteiger partial charge in [-0.1, -0.05) is 0 Å². The molecule has 0 aliphatic heterocycles. The molecule has 5 nitrogen and oxygen atoms in total. The molecule has 9 heavy (non-hydrogen) atoms. The molecule has 0 heterocycles. The summed E-state index contributed by atoms with van der Waals surface area (Å²) < 4.78 is 0. The molecule has 0 aromatic carbocycles. The second-order valence-corrected chi connectivity index (χ2v) is 0. The molecule has 0 bridgehead atoms. The van der Waals surface area contributed by atoms with Crippen LogP contribution < -0.4 is 0 Å². The van der Waals surface area contributed by atoms with Crippen molar-refractivity contribution in [3.63, 3.8) is 0 Å². The Balaban J connectivity index is 0. The Morgan fingerprint density at radius 1 is 0.556 bits per heavy atom. The van der Waals surface area contributed by atoms with Gasteiger partial charge in [-0.15, -0.1) is 0 Å². The van der Waals surface area contributed by atoms with Crippen molar-refractivity contribution in [3.8, 4) is 0 Å². The average molecular weight is 539 g/mol. The maximum absolute atomic E-state index is 0. The Morgan fingerprint density at radius 2 is 0.556 bits per heavy atom. The molecule has 0 unspecified atom stereocenters. The summed E-state index contributed by atoms with van der Waals surface area (Å²) in [5, 5.41) is 0. The summed E-state index contributed by atoms with van der Waals surface area (Å²) in [6.07, 6.45) is 0.